The number of nitrogens with zero attached hydrogens (tertiary/aromatic N) is 7. The third kappa shape index (κ3) is 4.81. The zero-order chi connectivity index (χ0) is 29.1. The number of carbonyl (C=O) groups is 1. The van der Waals surface area contributed by atoms with Gasteiger partial charge in [-0.05, 0) is 47.6 Å². The number of fused-ring (bicyclic) bond motifs is 1. The number of benzene rings is 2. The Morgan fingerprint density at radius 3 is 2.37 bits per heavy atom. The van der Waals surface area contributed by atoms with Crippen molar-refractivity contribution in [1.82, 2.24) is 29.4 Å². The van der Waals surface area contributed by atoms with E-state index < -0.39 is 17.6 Å². The van der Waals surface area contributed by atoms with Crippen LogP contribution in [0.25, 0.3) is 22.6 Å². The number of anilines is 1. The van der Waals surface area contributed by atoms with Crippen molar-refractivity contribution in [3.63, 3.8) is 0 Å². The molecule has 2 aromatic heterocycles. The number of likely N-dealkylation sites (tertiary alicyclic amines) is 1. The second-order valence-corrected chi connectivity index (χ2v) is 11.5. The van der Waals surface area contributed by atoms with Crippen molar-refractivity contribution in [2.24, 2.45) is 25.9 Å². The van der Waals surface area contributed by atoms with Gasteiger partial charge in [-0.2, -0.15) is 18.3 Å². The van der Waals surface area contributed by atoms with Crippen LogP contribution in [0, 0.1) is 11.8 Å². The van der Waals surface area contributed by atoms with E-state index in [4.69, 9.17) is 0 Å². The van der Waals surface area contributed by atoms with Gasteiger partial charge in [-0.15, -0.1) is 10.2 Å². The van der Waals surface area contributed by atoms with E-state index in [1.807, 2.05) is 36.9 Å². The maximum absolute atomic E-state index is 13.9. The van der Waals surface area contributed by atoms with E-state index in [1.54, 1.807) is 17.2 Å². The van der Waals surface area contributed by atoms with Gasteiger partial charge < -0.3 is 9.47 Å². The van der Waals surface area contributed by atoms with E-state index in [0.717, 1.165) is 48.0 Å². The van der Waals surface area contributed by atoms with Crippen molar-refractivity contribution in [3.05, 3.63) is 71.2 Å². The molecule has 4 heterocycles. The Morgan fingerprint density at radius 2 is 1.68 bits per heavy atom. The second kappa shape index (κ2) is 10.1. The quantitative estimate of drug-likeness (QED) is 0.319. The molecule has 2 atom stereocenters. The third-order valence-electron chi connectivity index (χ3n) is 8.19. The molecule has 1 fully saturated rings. The summed E-state index contributed by atoms with van der Waals surface area (Å²) in [6, 6.07) is 9.51. The van der Waals surface area contributed by atoms with Crippen molar-refractivity contribution in [2.45, 2.75) is 39.5 Å². The molecule has 1 saturated heterocycles. The van der Waals surface area contributed by atoms with Crippen LogP contribution in [0.15, 0.2) is 48.9 Å². The third-order valence-corrected chi connectivity index (χ3v) is 8.19. The van der Waals surface area contributed by atoms with Gasteiger partial charge in [0.15, 0.2) is 5.82 Å². The molecular formula is C30H32F3N7O. The van der Waals surface area contributed by atoms with Gasteiger partial charge in [0.2, 0.25) is 0 Å². The van der Waals surface area contributed by atoms with Gasteiger partial charge in [0.05, 0.1) is 29.6 Å². The van der Waals surface area contributed by atoms with Gasteiger partial charge in [-0.1, -0.05) is 32.0 Å². The summed E-state index contributed by atoms with van der Waals surface area (Å²) in [6.07, 6.45) is -0.0408. The van der Waals surface area contributed by atoms with E-state index in [0.29, 0.717) is 29.9 Å². The fraction of sp³-hybridized carbons (Fsp3) is 0.400. The fourth-order valence-corrected chi connectivity index (χ4v) is 6.60. The number of hydrogen-bond donors (Lipinski definition) is 0. The number of piperidine rings is 1. The number of alkyl halides is 3. The molecule has 0 N–H and O–H groups in total. The molecule has 0 saturated carbocycles. The number of rotatable bonds is 5. The highest BCUT2D eigenvalue weighted by Crippen LogP contribution is 2.42. The lowest BCUT2D eigenvalue weighted by atomic mass is 9.90. The normalized spacial score (nSPS) is 19.7. The Bertz CT molecular complexity index is 1610. The molecule has 2 aliphatic rings. The van der Waals surface area contributed by atoms with Gasteiger partial charge in [0.1, 0.15) is 6.33 Å². The predicted molar refractivity (Wildman–Crippen MR) is 149 cm³/mol. The number of hydrogen-bond acceptors (Lipinski definition) is 5. The van der Waals surface area contributed by atoms with Crippen LogP contribution >= 0.6 is 0 Å². The fourth-order valence-electron chi connectivity index (χ4n) is 6.60. The minimum Gasteiger partial charge on any atom is -0.317 e. The summed E-state index contributed by atoms with van der Waals surface area (Å²) in [5.41, 5.74) is 3.25. The molecular weight excluding hydrogens is 531 g/mol. The number of aryl methyl sites for hydroxylation is 2. The van der Waals surface area contributed by atoms with Crippen LogP contribution in [0.1, 0.15) is 47.3 Å². The molecule has 41 heavy (non-hydrogen) atoms. The van der Waals surface area contributed by atoms with Crippen molar-refractivity contribution in [1.29, 1.82) is 0 Å². The standard InChI is InChI=1S/C30H32F3N7O/c1-18-11-19(2)14-39(13-18)15-24-20(27-22(12-35-38(27)4)28-36-34-17-37(28)3)7-6-10-26(24)40-16-23-21(29(40)41)8-5-9-25(23)30(31,32)33/h5-10,12,17-19H,11,13-16H2,1-4H3/t18-,19+. The van der Waals surface area contributed by atoms with E-state index >= 15 is 0 Å². The molecule has 0 spiro atoms. The summed E-state index contributed by atoms with van der Waals surface area (Å²) in [4.78, 5) is 17.6. The Labute approximate surface area is 236 Å². The maximum Gasteiger partial charge on any atom is 0.416 e. The highest BCUT2D eigenvalue weighted by Gasteiger charge is 2.40. The van der Waals surface area contributed by atoms with Gasteiger partial charge in [-0.25, -0.2) is 0 Å². The van der Waals surface area contributed by atoms with Gasteiger partial charge in [0, 0.05) is 50.5 Å². The Hall–Kier alpha value is -3.99. The Morgan fingerprint density at radius 1 is 0.976 bits per heavy atom. The van der Waals surface area contributed by atoms with E-state index in [2.05, 4.69) is 34.0 Å². The van der Waals surface area contributed by atoms with E-state index in [1.165, 1.54) is 17.0 Å². The molecule has 214 valence electrons. The Kier molecular flexibility index (Phi) is 6.72. The summed E-state index contributed by atoms with van der Waals surface area (Å²) in [5, 5.41) is 12.9. The largest absolute Gasteiger partial charge is 0.416 e. The molecule has 0 unspecified atom stereocenters. The van der Waals surface area contributed by atoms with Crippen molar-refractivity contribution < 1.29 is 18.0 Å². The molecule has 0 radical (unpaired) electrons. The molecule has 2 aromatic carbocycles. The number of halogens is 3. The van der Waals surface area contributed by atoms with Crippen LogP contribution in [0.3, 0.4) is 0 Å². The molecule has 8 nitrogen and oxygen atoms in total. The monoisotopic (exact) mass is 563 g/mol. The highest BCUT2D eigenvalue weighted by atomic mass is 19.4. The molecule has 0 bridgehead atoms. The smallest absolute Gasteiger partial charge is 0.317 e. The van der Waals surface area contributed by atoms with Crippen LogP contribution in [0.4, 0.5) is 18.9 Å². The van der Waals surface area contributed by atoms with Gasteiger partial charge >= 0.3 is 6.18 Å². The molecule has 11 heteroatoms. The average molecular weight is 564 g/mol. The Balaban J connectivity index is 1.51. The maximum atomic E-state index is 13.9. The van der Waals surface area contributed by atoms with Crippen LogP contribution in [-0.2, 0) is 33.4 Å². The van der Waals surface area contributed by atoms with Gasteiger partial charge in [0.25, 0.3) is 5.91 Å². The zero-order valence-corrected chi connectivity index (χ0v) is 23.5. The minimum absolute atomic E-state index is 0.0156. The number of amides is 1. The first-order chi connectivity index (χ1) is 19.5. The highest BCUT2D eigenvalue weighted by molar-refractivity contribution is 6.11. The first-order valence-corrected chi connectivity index (χ1v) is 13.7. The number of aromatic nitrogens is 5. The van der Waals surface area contributed by atoms with Gasteiger partial charge in [-0.3, -0.25) is 14.4 Å². The lowest BCUT2D eigenvalue weighted by Crippen LogP contribution is -2.38. The van der Waals surface area contributed by atoms with Crippen molar-refractivity contribution in [3.8, 4) is 22.6 Å². The topological polar surface area (TPSA) is 72.1 Å². The molecule has 2 aliphatic heterocycles. The molecule has 1 amide bonds. The van der Waals surface area contributed by atoms with Crippen molar-refractivity contribution in [2.75, 3.05) is 18.0 Å². The van der Waals surface area contributed by atoms with Crippen LogP contribution in [-0.4, -0.2) is 48.4 Å². The first-order valence-electron chi connectivity index (χ1n) is 13.7. The summed E-state index contributed by atoms with van der Waals surface area (Å²) in [5.74, 6) is 1.23. The first kappa shape index (κ1) is 27.2. The summed E-state index contributed by atoms with van der Waals surface area (Å²) < 4.78 is 45.3. The summed E-state index contributed by atoms with van der Waals surface area (Å²) in [6.45, 7) is 6.66. The lowest BCUT2D eigenvalue weighted by Gasteiger charge is -2.36. The van der Waals surface area contributed by atoms with Crippen LogP contribution in [0.5, 0.6) is 0 Å². The van der Waals surface area contributed by atoms with E-state index in [-0.39, 0.29) is 17.7 Å². The van der Waals surface area contributed by atoms with Crippen LogP contribution < -0.4 is 4.90 Å². The van der Waals surface area contributed by atoms with Crippen molar-refractivity contribution >= 4 is 11.6 Å². The lowest BCUT2D eigenvalue weighted by molar-refractivity contribution is -0.138. The number of carbonyl (C=O) groups excluding carboxylic acids is 1. The average Bonchev–Trinajstić information content (AvgIpc) is 3.59. The predicted octanol–water partition coefficient (Wildman–Crippen LogP) is 5.54. The SMILES string of the molecule is C[C@@H]1C[C@H](C)CN(Cc2c(-c3c(-c4nncn4C)cnn3C)cccc2N2Cc3c(cccc3C(F)(F)F)C2=O)C1. The zero-order valence-electron chi connectivity index (χ0n) is 23.5. The van der Waals surface area contributed by atoms with E-state index in [9.17, 15) is 18.0 Å². The van der Waals surface area contributed by atoms with Crippen LogP contribution in [0.2, 0.25) is 0 Å². The second-order valence-electron chi connectivity index (χ2n) is 11.5. The summed E-state index contributed by atoms with van der Waals surface area (Å²) in [7, 11) is 3.71. The minimum atomic E-state index is -4.55. The molecule has 4 aromatic rings. The summed E-state index contributed by atoms with van der Waals surface area (Å²) >= 11 is 0. The molecule has 6 rings (SSSR count). The molecule has 0 aliphatic carbocycles.